The van der Waals surface area contributed by atoms with Crippen LogP contribution in [0, 0.1) is 0 Å². The molecule has 0 saturated heterocycles. The molecular weight excluding hydrogens is 266 g/mol. The molecule has 0 aliphatic rings. The molecule has 0 aliphatic carbocycles. The highest BCUT2D eigenvalue weighted by Gasteiger charge is 2.15. The summed E-state index contributed by atoms with van der Waals surface area (Å²) in [5, 5.41) is 3.55. The third-order valence-corrected chi connectivity index (χ3v) is 3.46. The summed E-state index contributed by atoms with van der Waals surface area (Å²) in [6, 6.07) is 18.8. The number of anilines is 1. The molecule has 1 atom stereocenters. The molecule has 0 bridgehead atoms. The number of hydrogen-bond donors (Lipinski definition) is 1. The van der Waals surface area contributed by atoms with Crippen LogP contribution in [0.2, 0.25) is 0 Å². The minimum Gasteiger partial charge on any atom is -0.374 e. The molecule has 2 aromatic rings. The molecule has 0 aromatic heterocycles. The summed E-state index contributed by atoms with van der Waals surface area (Å²) in [7, 11) is 0. The van der Waals surface area contributed by atoms with E-state index < -0.39 is 0 Å². The maximum Gasteiger partial charge on any atom is 0.0764 e. The van der Waals surface area contributed by atoms with E-state index in [0.717, 1.165) is 17.7 Å². The van der Waals surface area contributed by atoms with Gasteiger partial charge in [0.05, 0.1) is 6.04 Å². The first-order valence-corrected chi connectivity index (χ1v) is 7.97. The molecule has 22 heavy (non-hydrogen) atoms. The van der Waals surface area contributed by atoms with Gasteiger partial charge in [0, 0.05) is 5.69 Å². The van der Waals surface area contributed by atoms with E-state index in [-0.39, 0.29) is 6.04 Å². The number of hydrogen-bond acceptors (Lipinski definition) is 1. The van der Waals surface area contributed by atoms with Gasteiger partial charge in [-0.2, -0.15) is 0 Å². The van der Waals surface area contributed by atoms with E-state index in [1.54, 1.807) is 0 Å². The molecule has 0 fully saturated rings. The van der Waals surface area contributed by atoms with Gasteiger partial charge in [0.15, 0.2) is 0 Å². The second kappa shape index (κ2) is 9.62. The van der Waals surface area contributed by atoms with Crippen LogP contribution in [0.15, 0.2) is 79.4 Å². The maximum absolute atomic E-state index is 4.14. The molecule has 1 N–H and O–H groups in total. The fourth-order valence-electron chi connectivity index (χ4n) is 2.33. The number of rotatable bonds is 6. The Balaban J connectivity index is 0.00000116. The van der Waals surface area contributed by atoms with Crippen LogP contribution in [0.25, 0.3) is 0 Å². The van der Waals surface area contributed by atoms with Gasteiger partial charge in [-0.05, 0) is 35.3 Å². The largest absolute Gasteiger partial charge is 0.374 e. The van der Waals surface area contributed by atoms with Gasteiger partial charge >= 0.3 is 0 Å². The smallest absolute Gasteiger partial charge is 0.0764 e. The van der Waals surface area contributed by atoms with Crippen LogP contribution >= 0.6 is 0 Å². The summed E-state index contributed by atoms with van der Waals surface area (Å²) in [5.74, 6) is 0. The second-order valence-electron chi connectivity index (χ2n) is 4.77. The SMILES string of the molecule is C=CC(=C)C(Nc1ccccc1)c1ccccc1CC.CC. The monoisotopic (exact) mass is 293 g/mol. The maximum atomic E-state index is 4.14. The molecule has 1 heteroatoms. The summed E-state index contributed by atoms with van der Waals surface area (Å²) >= 11 is 0. The Kier molecular flexibility index (Phi) is 7.77. The molecule has 116 valence electrons. The van der Waals surface area contributed by atoms with E-state index in [0.29, 0.717) is 0 Å². The van der Waals surface area contributed by atoms with Crippen molar-refractivity contribution in [2.24, 2.45) is 0 Å². The van der Waals surface area contributed by atoms with E-state index in [1.165, 1.54) is 11.1 Å². The highest BCUT2D eigenvalue weighted by atomic mass is 14.9. The van der Waals surface area contributed by atoms with E-state index in [1.807, 2.05) is 38.1 Å². The number of para-hydroxylation sites is 1. The van der Waals surface area contributed by atoms with Crippen molar-refractivity contribution in [2.75, 3.05) is 5.32 Å². The van der Waals surface area contributed by atoms with Crippen LogP contribution in [0.5, 0.6) is 0 Å². The first-order chi connectivity index (χ1) is 10.8. The Bertz CT molecular complexity index is 584. The standard InChI is InChI=1S/C19H21N.C2H6/c1-4-15(3)19(20-17-12-7-6-8-13-17)18-14-10-9-11-16(18)5-2;1-2/h4,6-14,19-20H,1,3,5H2,2H3;1-2H3. The van der Waals surface area contributed by atoms with E-state index >= 15 is 0 Å². The fourth-order valence-corrected chi connectivity index (χ4v) is 2.33. The van der Waals surface area contributed by atoms with Crippen molar-refractivity contribution in [3.05, 3.63) is 90.5 Å². The summed E-state index contributed by atoms with van der Waals surface area (Å²) < 4.78 is 0. The Morgan fingerprint density at radius 3 is 2.23 bits per heavy atom. The summed E-state index contributed by atoms with van der Waals surface area (Å²) in [5.41, 5.74) is 4.67. The van der Waals surface area contributed by atoms with Gasteiger partial charge in [0.2, 0.25) is 0 Å². The Hall–Kier alpha value is -2.28. The first-order valence-electron chi connectivity index (χ1n) is 7.97. The Morgan fingerprint density at radius 2 is 1.64 bits per heavy atom. The van der Waals surface area contributed by atoms with Gasteiger partial charge in [0.25, 0.3) is 0 Å². The molecule has 0 saturated carbocycles. The van der Waals surface area contributed by atoms with Crippen LogP contribution in [0.3, 0.4) is 0 Å². The van der Waals surface area contributed by atoms with Gasteiger partial charge in [-0.25, -0.2) is 0 Å². The molecule has 2 aromatic carbocycles. The summed E-state index contributed by atoms with van der Waals surface area (Å²) in [4.78, 5) is 0. The van der Waals surface area contributed by atoms with E-state index in [2.05, 4.69) is 61.8 Å². The molecule has 1 nitrogen and oxygen atoms in total. The van der Waals surface area contributed by atoms with Gasteiger partial charge < -0.3 is 5.32 Å². The summed E-state index contributed by atoms with van der Waals surface area (Å²) in [6.45, 7) is 14.2. The zero-order chi connectivity index (χ0) is 16.4. The van der Waals surface area contributed by atoms with Crippen LogP contribution < -0.4 is 5.32 Å². The van der Waals surface area contributed by atoms with Crippen molar-refractivity contribution in [2.45, 2.75) is 33.2 Å². The van der Waals surface area contributed by atoms with E-state index in [4.69, 9.17) is 0 Å². The van der Waals surface area contributed by atoms with Crippen molar-refractivity contribution in [3.63, 3.8) is 0 Å². The molecule has 0 spiro atoms. The minimum atomic E-state index is 0.0612. The predicted molar refractivity (Wildman–Crippen MR) is 99.3 cm³/mol. The highest BCUT2D eigenvalue weighted by Crippen LogP contribution is 2.28. The van der Waals surface area contributed by atoms with Crippen molar-refractivity contribution < 1.29 is 0 Å². The summed E-state index contributed by atoms with van der Waals surface area (Å²) in [6.07, 6.45) is 2.83. The van der Waals surface area contributed by atoms with Gasteiger partial charge in [-0.3, -0.25) is 0 Å². The highest BCUT2D eigenvalue weighted by molar-refractivity contribution is 5.50. The lowest BCUT2D eigenvalue weighted by atomic mass is 9.93. The molecule has 0 aliphatic heterocycles. The number of benzene rings is 2. The minimum absolute atomic E-state index is 0.0612. The third-order valence-electron chi connectivity index (χ3n) is 3.46. The van der Waals surface area contributed by atoms with Crippen molar-refractivity contribution in [1.29, 1.82) is 0 Å². The molecule has 1 unspecified atom stereocenters. The van der Waals surface area contributed by atoms with Crippen LogP contribution in [-0.2, 0) is 6.42 Å². The predicted octanol–water partition coefficient (Wildman–Crippen LogP) is 6.17. The normalized spacial score (nSPS) is 10.9. The lowest BCUT2D eigenvalue weighted by Gasteiger charge is -2.23. The van der Waals surface area contributed by atoms with Gasteiger partial charge in [-0.15, -0.1) is 0 Å². The lowest BCUT2D eigenvalue weighted by molar-refractivity contribution is 0.911. The van der Waals surface area contributed by atoms with Crippen LogP contribution in [-0.4, -0.2) is 0 Å². The van der Waals surface area contributed by atoms with Gasteiger partial charge in [-0.1, -0.05) is 82.5 Å². The topological polar surface area (TPSA) is 12.0 Å². The third kappa shape index (κ3) is 4.63. The quantitative estimate of drug-likeness (QED) is 0.628. The Labute approximate surface area is 135 Å². The van der Waals surface area contributed by atoms with Crippen molar-refractivity contribution in [3.8, 4) is 0 Å². The molecule has 0 heterocycles. The average molecular weight is 293 g/mol. The van der Waals surface area contributed by atoms with Crippen molar-refractivity contribution in [1.82, 2.24) is 0 Å². The fraction of sp³-hybridized carbons (Fsp3) is 0.238. The average Bonchev–Trinajstić information content (AvgIpc) is 2.61. The zero-order valence-electron chi connectivity index (χ0n) is 14.0. The van der Waals surface area contributed by atoms with Gasteiger partial charge in [0.1, 0.15) is 0 Å². The lowest BCUT2D eigenvalue weighted by Crippen LogP contribution is -2.14. The Morgan fingerprint density at radius 1 is 1.05 bits per heavy atom. The first kappa shape index (κ1) is 17.8. The number of aryl methyl sites for hydroxylation is 1. The van der Waals surface area contributed by atoms with Crippen LogP contribution in [0.4, 0.5) is 5.69 Å². The zero-order valence-corrected chi connectivity index (χ0v) is 14.0. The van der Waals surface area contributed by atoms with E-state index in [9.17, 15) is 0 Å². The molecule has 0 amide bonds. The van der Waals surface area contributed by atoms with Crippen LogP contribution in [0.1, 0.15) is 37.9 Å². The second-order valence-corrected chi connectivity index (χ2v) is 4.77. The molecule has 2 rings (SSSR count). The van der Waals surface area contributed by atoms with Crippen molar-refractivity contribution >= 4 is 5.69 Å². The number of nitrogens with one attached hydrogen (secondary N) is 1. The molecule has 0 radical (unpaired) electrons. The molecular formula is C21H27N.